The van der Waals surface area contributed by atoms with Crippen LogP contribution in [0.2, 0.25) is 0 Å². The predicted molar refractivity (Wildman–Crippen MR) is 103 cm³/mol. The van der Waals surface area contributed by atoms with Crippen molar-refractivity contribution in [3.63, 3.8) is 0 Å². The molecule has 0 aliphatic heterocycles. The third-order valence-corrected chi connectivity index (χ3v) is 4.09. The Kier molecular flexibility index (Phi) is 5.83. The number of amides is 2. The number of methoxy groups -OCH3 is 1. The van der Waals surface area contributed by atoms with Crippen LogP contribution in [0.4, 0.5) is 5.69 Å². The average Bonchev–Trinajstić information content (AvgIpc) is 3.00. The number of nitrogens with zero attached hydrogens (tertiary/aromatic N) is 2. The van der Waals surface area contributed by atoms with E-state index in [9.17, 15) is 9.59 Å². The summed E-state index contributed by atoms with van der Waals surface area (Å²) in [5, 5.41) is 5.64. The van der Waals surface area contributed by atoms with Crippen molar-refractivity contribution in [2.24, 2.45) is 0 Å². The van der Waals surface area contributed by atoms with Gasteiger partial charge in [0.1, 0.15) is 19.0 Å². The van der Waals surface area contributed by atoms with Gasteiger partial charge < -0.3 is 19.9 Å². The second-order valence-corrected chi connectivity index (χ2v) is 6.23. The maximum atomic E-state index is 12.5. The minimum Gasteiger partial charge on any atom is -0.375 e. The number of aromatic nitrogens is 2. The quantitative estimate of drug-likeness (QED) is 0.672. The fourth-order valence-corrected chi connectivity index (χ4v) is 2.78. The molecule has 7 heteroatoms. The molecule has 2 aromatic carbocycles. The Morgan fingerprint density at radius 3 is 2.56 bits per heavy atom. The van der Waals surface area contributed by atoms with Crippen LogP contribution >= 0.6 is 0 Å². The molecule has 0 fully saturated rings. The molecule has 0 atom stereocenters. The summed E-state index contributed by atoms with van der Waals surface area (Å²) in [6.45, 7) is 2.29. The first kappa shape index (κ1) is 18.6. The lowest BCUT2D eigenvalue weighted by atomic mass is 10.2. The molecule has 3 rings (SSSR count). The molecule has 0 bridgehead atoms. The van der Waals surface area contributed by atoms with Gasteiger partial charge in [0.05, 0.1) is 17.6 Å². The van der Waals surface area contributed by atoms with Crippen LogP contribution in [0.1, 0.15) is 11.4 Å². The van der Waals surface area contributed by atoms with Crippen molar-refractivity contribution in [2.45, 2.75) is 20.0 Å². The highest BCUT2D eigenvalue weighted by Crippen LogP contribution is 2.17. The van der Waals surface area contributed by atoms with E-state index in [1.165, 1.54) is 7.11 Å². The number of ether oxygens (including phenoxy) is 1. The van der Waals surface area contributed by atoms with Crippen molar-refractivity contribution in [1.29, 1.82) is 0 Å². The zero-order valence-electron chi connectivity index (χ0n) is 15.4. The van der Waals surface area contributed by atoms with Crippen LogP contribution in [-0.2, 0) is 27.4 Å². The molecule has 1 heterocycles. The largest absolute Gasteiger partial charge is 0.375 e. The zero-order valence-corrected chi connectivity index (χ0v) is 15.4. The van der Waals surface area contributed by atoms with Crippen LogP contribution in [-0.4, -0.2) is 35.1 Å². The van der Waals surface area contributed by atoms with Crippen LogP contribution in [0.25, 0.3) is 11.0 Å². The van der Waals surface area contributed by atoms with E-state index in [1.54, 1.807) is 0 Å². The molecule has 2 amide bonds. The molecule has 0 aliphatic carbocycles. The maximum Gasteiger partial charge on any atom is 0.246 e. The molecule has 0 unspecified atom stereocenters. The third-order valence-electron chi connectivity index (χ3n) is 4.09. The molecular weight excluding hydrogens is 344 g/mol. The number of hydrogen-bond donors (Lipinski definition) is 2. The number of fused-ring (bicyclic) bond motifs is 1. The highest BCUT2D eigenvalue weighted by molar-refractivity contribution is 5.91. The number of aryl methyl sites for hydroxylation is 1. The minimum atomic E-state index is -0.236. The molecule has 0 saturated heterocycles. The Morgan fingerprint density at radius 2 is 1.81 bits per heavy atom. The van der Waals surface area contributed by atoms with E-state index >= 15 is 0 Å². The average molecular weight is 366 g/mol. The van der Waals surface area contributed by atoms with Gasteiger partial charge in [-0.1, -0.05) is 29.8 Å². The van der Waals surface area contributed by atoms with Crippen LogP contribution < -0.4 is 10.6 Å². The summed E-state index contributed by atoms with van der Waals surface area (Å²) < 4.78 is 6.63. The molecule has 0 radical (unpaired) electrons. The number of nitrogens with one attached hydrogen (secondary N) is 2. The molecule has 2 N–H and O–H groups in total. The normalized spacial score (nSPS) is 10.7. The fraction of sp³-hybridized carbons (Fsp3) is 0.250. The first-order valence-corrected chi connectivity index (χ1v) is 8.63. The number of benzene rings is 2. The topological polar surface area (TPSA) is 85.2 Å². The van der Waals surface area contributed by atoms with E-state index in [0.717, 1.165) is 22.3 Å². The third kappa shape index (κ3) is 4.71. The van der Waals surface area contributed by atoms with E-state index < -0.39 is 0 Å². The molecule has 0 aliphatic rings. The van der Waals surface area contributed by atoms with Gasteiger partial charge in [0, 0.05) is 12.8 Å². The summed E-state index contributed by atoms with van der Waals surface area (Å²) >= 11 is 0. The van der Waals surface area contributed by atoms with Crippen molar-refractivity contribution in [3.05, 3.63) is 59.9 Å². The van der Waals surface area contributed by atoms with Crippen LogP contribution in [0.15, 0.2) is 48.5 Å². The fourth-order valence-electron chi connectivity index (χ4n) is 2.78. The predicted octanol–water partition coefficient (Wildman–Crippen LogP) is 2.25. The molecule has 27 heavy (non-hydrogen) atoms. The SMILES string of the molecule is COCC(=O)NCc1nc2ccccc2n1CC(=O)Nc1ccc(C)cc1. The van der Waals surface area contributed by atoms with Gasteiger partial charge in [0.15, 0.2) is 0 Å². The van der Waals surface area contributed by atoms with Crippen LogP contribution in [0.3, 0.4) is 0 Å². The Morgan fingerprint density at radius 1 is 1.07 bits per heavy atom. The molecule has 7 nitrogen and oxygen atoms in total. The summed E-state index contributed by atoms with van der Waals surface area (Å²) in [7, 11) is 1.46. The summed E-state index contributed by atoms with van der Waals surface area (Å²) in [6.07, 6.45) is 0. The molecule has 1 aromatic heterocycles. The van der Waals surface area contributed by atoms with Gasteiger partial charge in [-0.15, -0.1) is 0 Å². The van der Waals surface area contributed by atoms with Crippen LogP contribution in [0, 0.1) is 6.92 Å². The maximum absolute atomic E-state index is 12.5. The highest BCUT2D eigenvalue weighted by atomic mass is 16.5. The summed E-state index contributed by atoms with van der Waals surface area (Å²) in [5.41, 5.74) is 3.48. The number of carbonyl (C=O) groups excluding carboxylic acids is 2. The number of anilines is 1. The number of imidazole rings is 1. The van der Waals surface area contributed by atoms with Crippen molar-refractivity contribution in [2.75, 3.05) is 19.0 Å². The number of rotatable bonds is 7. The zero-order chi connectivity index (χ0) is 19.2. The van der Waals surface area contributed by atoms with Crippen molar-refractivity contribution in [3.8, 4) is 0 Å². The lowest BCUT2D eigenvalue weighted by molar-refractivity contribution is -0.124. The lowest BCUT2D eigenvalue weighted by Crippen LogP contribution is -2.29. The summed E-state index contributed by atoms with van der Waals surface area (Å²) in [4.78, 5) is 28.8. The Labute approximate surface area is 157 Å². The minimum absolute atomic E-state index is 0.0197. The van der Waals surface area contributed by atoms with E-state index in [1.807, 2.05) is 60.0 Å². The lowest BCUT2D eigenvalue weighted by Gasteiger charge is -2.11. The van der Waals surface area contributed by atoms with Gasteiger partial charge in [-0.2, -0.15) is 0 Å². The molecule has 140 valence electrons. The molecule has 3 aromatic rings. The van der Waals surface area contributed by atoms with Crippen LogP contribution in [0.5, 0.6) is 0 Å². The van der Waals surface area contributed by atoms with Crippen molar-refractivity contribution >= 4 is 28.5 Å². The Hall–Kier alpha value is -3.19. The van der Waals surface area contributed by atoms with Gasteiger partial charge in [-0.05, 0) is 31.2 Å². The summed E-state index contributed by atoms with van der Waals surface area (Å²) in [6, 6.07) is 15.2. The highest BCUT2D eigenvalue weighted by Gasteiger charge is 2.14. The molecular formula is C20H22N4O3. The molecule has 0 saturated carbocycles. The van der Waals surface area contributed by atoms with Crippen molar-refractivity contribution in [1.82, 2.24) is 14.9 Å². The van der Waals surface area contributed by atoms with E-state index in [2.05, 4.69) is 15.6 Å². The Balaban J connectivity index is 1.78. The van der Waals surface area contributed by atoms with Gasteiger partial charge in [-0.3, -0.25) is 9.59 Å². The smallest absolute Gasteiger partial charge is 0.246 e. The Bertz CT molecular complexity index is 948. The summed E-state index contributed by atoms with van der Waals surface area (Å²) in [5.74, 6) is 0.214. The van der Waals surface area contributed by atoms with Gasteiger partial charge >= 0.3 is 0 Å². The van der Waals surface area contributed by atoms with Gasteiger partial charge in [0.25, 0.3) is 0 Å². The van der Waals surface area contributed by atoms with Crippen molar-refractivity contribution < 1.29 is 14.3 Å². The van der Waals surface area contributed by atoms with E-state index in [-0.39, 0.29) is 31.5 Å². The standard InChI is InChI=1S/C20H22N4O3/c1-14-7-9-15(10-8-14)22-19(25)12-24-17-6-4-3-5-16(17)23-18(24)11-21-20(26)13-27-2/h3-10H,11-13H2,1-2H3,(H,21,26)(H,22,25). The number of para-hydroxylation sites is 2. The van der Waals surface area contributed by atoms with E-state index in [4.69, 9.17) is 4.74 Å². The first-order valence-electron chi connectivity index (χ1n) is 8.63. The van der Waals surface area contributed by atoms with E-state index in [0.29, 0.717) is 5.82 Å². The first-order chi connectivity index (χ1) is 13.1. The van der Waals surface area contributed by atoms with Gasteiger partial charge in [0.2, 0.25) is 11.8 Å². The second kappa shape index (κ2) is 8.46. The molecule has 0 spiro atoms. The monoisotopic (exact) mass is 366 g/mol. The van der Waals surface area contributed by atoms with Gasteiger partial charge in [-0.25, -0.2) is 4.98 Å². The number of hydrogen-bond acceptors (Lipinski definition) is 4. The number of carbonyl (C=O) groups is 2. The second-order valence-electron chi connectivity index (χ2n) is 6.23.